The minimum absolute atomic E-state index is 0.0401. The SMILES string of the molecule is C[C@@H](CN1CCC(C2C(=O)Nc3cc(N)ccc32)CC1)NC(=O)c1ccc2ccccc2c1. The van der Waals surface area contributed by atoms with Crippen molar-refractivity contribution in [3.8, 4) is 0 Å². The topological polar surface area (TPSA) is 87.5 Å². The van der Waals surface area contributed by atoms with Crippen LogP contribution in [0.2, 0.25) is 0 Å². The molecule has 170 valence electrons. The normalized spacial score (nSPS) is 19.8. The number of nitrogens with two attached hydrogens (primary N) is 1. The van der Waals surface area contributed by atoms with E-state index in [0.717, 1.165) is 54.5 Å². The molecule has 2 aliphatic heterocycles. The van der Waals surface area contributed by atoms with Gasteiger partial charge in [0.2, 0.25) is 5.91 Å². The Hall–Kier alpha value is -3.38. The van der Waals surface area contributed by atoms with Gasteiger partial charge in [0.1, 0.15) is 0 Å². The largest absolute Gasteiger partial charge is 0.399 e. The van der Waals surface area contributed by atoms with Gasteiger partial charge in [0.25, 0.3) is 5.91 Å². The minimum Gasteiger partial charge on any atom is -0.399 e. The lowest BCUT2D eigenvalue weighted by molar-refractivity contribution is -0.118. The number of nitrogens with zero attached hydrogens (tertiary/aromatic N) is 1. The molecule has 0 bridgehead atoms. The van der Waals surface area contributed by atoms with Crippen LogP contribution in [0, 0.1) is 5.92 Å². The first kappa shape index (κ1) is 21.5. The van der Waals surface area contributed by atoms with Crippen LogP contribution in [0.1, 0.15) is 41.6 Å². The Morgan fingerprint density at radius 1 is 1.09 bits per heavy atom. The smallest absolute Gasteiger partial charge is 0.251 e. The van der Waals surface area contributed by atoms with Crippen LogP contribution < -0.4 is 16.4 Å². The first-order valence-corrected chi connectivity index (χ1v) is 11.7. The molecular weight excluding hydrogens is 412 g/mol. The van der Waals surface area contributed by atoms with Crippen molar-refractivity contribution >= 4 is 34.0 Å². The molecule has 5 rings (SSSR count). The number of benzene rings is 3. The van der Waals surface area contributed by atoms with Crippen LogP contribution in [0.4, 0.5) is 11.4 Å². The Kier molecular flexibility index (Phi) is 5.77. The van der Waals surface area contributed by atoms with Crippen LogP contribution in [-0.2, 0) is 4.79 Å². The second-order valence-corrected chi connectivity index (χ2v) is 9.39. The maximum atomic E-state index is 12.8. The first-order chi connectivity index (χ1) is 16.0. The van der Waals surface area contributed by atoms with Crippen molar-refractivity contribution in [3.63, 3.8) is 0 Å². The summed E-state index contributed by atoms with van der Waals surface area (Å²) < 4.78 is 0. The molecule has 4 N–H and O–H groups in total. The lowest BCUT2D eigenvalue weighted by Gasteiger charge is -2.35. The Labute approximate surface area is 194 Å². The highest BCUT2D eigenvalue weighted by atomic mass is 16.2. The maximum Gasteiger partial charge on any atom is 0.251 e. The molecule has 1 unspecified atom stereocenters. The maximum absolute atomic E-state index is 12.8. The Bertz CT molecular complexity index is 1200. The number of hydrogen-bond acceptors (Lipinski definition) is 4. The molecule has 0 aromatic heterocycles. The van der Waals surface area contributed by atoms with Crippen LogP contribution in [0.15, 0.2) is 60.7 Å². The number of carbonyl (C=O) groups is 2. The molecule has 0 saturated carbocycles. The number of hydrogen-bond donors (Lipinski definition) is 3. The van der Waals surface area contributed by atoms with E-state index < -0.39 is 0 Å². The van der Waals surface area contributed by atoms with E-state index >= 15 is 0 Å². The zero-order chi connectivity index (χ0) is 22.9. The van der Waals surface area contributed by atoms with Gasteiger partial charge in [-0.1, -0.05) is 36.4 Å². The summed E-state index contributed by atoms with van der Waals surface area (Å²) in [6.07, 6.45) is 1.93. The number of nitrogen functional groups attached to an aromatic ring is 1. The number of carbonyl (C=O) groups excluding carboxylic acids is 2. The molecule has 6 heteroatoms. The molecule has 1 saturated heterocycles. The average molecular weight is 443 g/mol. The molecule has 0 aliphatic carbocycles. The summed E-state index contributed by atoms with van der Waals surface area (Å²) in [4.78, 5) is 27.8. The van der Waals surface area contributed by atoms with Gasteiger partial charge in [-0.2, -0.15) is 0 Å². The fourth-order valence-electron chi connectivity index (χ4n) is 5.31. The molecule has 33 heavy (non-hydrogen) atoms. The predicted molar refractivity (Wildman–Crippen MR) is 132 cm³/mol. The monoisotopic (exact) mass is 442 g/mol. The summed E-state index contributed by atoms with van der Waals surface area (Å²) in [5.74, 6) is 0.285. The molecule has 3 aromatic rings. The van der Waals surface area contributed by atoms with Gasteiger partial charge in [-0.15, -0.1) is 0 Å². The molecule has 2 amide bonds. The Morgan fingerprint density at radius 3 is 2.64 bits per heavy atom. The first-order valence-electron chi connectivity index (χ1n) is 11.7. The fourth-order valence-corrected chi connectivity index (χ4v) is 5.31. The van der Waals surface area contributed by atoms with Crippen LogP contribution in [0.3, 0.4) is 0 Å². The third-order valence-electron chi connectivity index (χ3n) is 6.98. The number of rotatable bonds is 5. The third kappa shape index (κ3) is 4.44. The van der Waals surface area contributed by atoms with Crippen molar-refractivity contribution in [2.24, 2.45) is 5.92 Å². The molecule has 2 atom stereocenters. The Balaban J connectivity index is 1.15. The predicted octanol–water partition coefficient (Wildman–Crippen LogP) is 3.99. The van der Waals surface area contributed by atoms with Gasteiger partial charge in [-0.05, 0) is 79.4 Å². The second-order valence-electron chi connectivity index (χ2n) is 9.39. The number of nitrogens with one attached hydrogen (secondary N) is 2. The molecule has 2 aliphatic rings. The molecule has 0 radical (unpaired) electrons. The van der Waals surface area contributed by atoms with E-state index in [1.165, 1.54) is 0 Å². The van der Waals surface area contributed by atoms with Crippen molar-refractivity contribution in [1.29, 1.82) is 0 Å². The van der Waals surface area contributed by atoms with E-state index in [4.69, 9.17) is 5.73 Å². The summed E-state index contributed by atoms with van der Waals surface area (Å²) in [5.41, 5.74) is 9.16. The standard InChI is InChI=1S/C27H30N4O2/c1-17(29-26(32)21-7-6-18-4-2-3-5-20(18)14-21)16-31-12-10-19(11-13-31)25-23-9-8-22(28)15-24(23)30-27(25)33/h2-9,14-15,17,19,25H,10-13,16,28H2,1H3,(H,29,32)(H,30,33)/t17-,25?/m0/s1. The number of fused-ring (bicyclic) bond motifs is 2. The van der Waals surface area contributed by atoms with Gasteiger partial charge >= 0.3 is 0 Å². The average Bonchev–Trinajstić information content (AvgIpc) is 3.13. The molecule has 2 heterocycles. The van der Waals surface area contributed by atoms with E-state index in [2.05, 4.69) is 22.5 Å². The van der Waals surface area contributed by atoms with Gasteiger partial charge < -0.3 is 21.3 Å². The molecule has 1 fully saturated rings. The van der Waals surface area contributed by atoms with Crippen molar-refractivity contribution in [2.45, 2.75) is 31.7 Å². The fraction of sp³-hybridized carbons (Fsp3) is 0.333. The second kappa shape index (κ2) is 8.87. The highest BCUT2D eigenvalue weighted by Gasteiger charge is 2.38. The highest BCUT2D eigenvalue weighted by molar-refractivity contribution is 6.03. The van der Waals surface area contributed by atoms with Gasteiger partial charge in [-0.3, -0.25) is 9.59 Å². The van der Waals surface area contributed by atoms with Crippen molar-refractivity contribution < 1.29 is 9.59 Å². The van der Waals surface area contributed by atoms with Gasteiger partial charge in [-0.25, -0.2) is 0 Å². The molecule has 6 nitrogen and oxygen atoms in total. The molecule has 3 aromatic carbocycles. The summed E-state index contributed by atoms with van der Waals surface area (Å²) in [5, 5.41) is 8.34. The number of piperidine rings is 1. The summed E-state index contributed by atoms with van der Waals surface area (Å²) in [6, 6.07) is 19.6. The number of likely N-dealkylation sites (tertiary alicyclic amines) is 1. The minimum atomic E-state index is -0.0900. The number of amides is 2. The van der Waals surface area contributed by atoms with E-state index in [9.17, 15) is 9.59 Å². The van der Waals surface area contributed by atoms with Crippen molar-refractivity contribution in [1.82, 2.24) is 10.2 Å². The van der Waals surface area contributed by atoms with Crippen molar-refractivity contribution in [3.05, 3.63) is 71.8 Å². The lowest BCUT2D eigenvalue weighted by Crippen LogP contribution is -2.45. The van der Waals surface area contributed by atoms with Crippen LogP contribution >= 0.6 is 0 Å². The third-order valence-corrected chi connectivity index (χ3v) is 6.98. The van der Waals surface area contributed by atoms with E-state index in [1.807, 2.05) is 60.7 Å². The quantitative estimate of drug-likeness (QED) is 0.522. The van der Waals surface area contributed by atoms with E-state index in [1.54, 1.807) is 0 Å². The van der Waals surface area contributed by atoms with Crippen LogP contribution in [0.25, 0.3) is 10.8 Å². The lowest BCUT2D eigenvalue weighted by atomic mass is 9.80. The van der Waals surface area contributed by atoms with E-state index in [0.29, 0.717) is 17.2 Å². The molecule has 0 spiro atoms. The Morgan fingerprint density at radius 2 is 1.85 bits per heavy atom. The zero-order valence-electron chi connectivity index (χ0n) is 18.9. The van der Waals surface area contributed by atoms with Gasteiger partial charge in [0.05, 0.1) is 5.92 Å². The van der Waals surface area contributed by atoms with Crippen molar-refractivity contribution in [2.75, 3.05) is 30.7 Å². The van der Waals surface area contributed by atoms with Gasteiger partial charge in [0, 0.05) is 29.5 Å². The summed E-state index contributed by atoms with van der Waals surface area (Å²) in [6.45, 7) is 4.70. The zero-order valence-corrected chi connectivity index (χ0v) is 18.9. The van der Waals surface area contributed by atoms with Crippen LogP contribution in [0.5, 0.6) is 0 Å². The summed E-state index contributed by atoms with van der Waals surface area (Å²) >= 11 is 0. The summed E-state index contributed by atoms with van der Waals surface area (Å²) in [7, 11) is 0. The molecular formula is C27H30N4O2. The van der Waals surface area contributed by atoms with Crippen LogP contribution in [-0.4, -0.2) is 42.4 Å². The van der Waals surface area contributed by atoms with E-state index in [-0.39, 0.29) is 23.8 Å². The van der Waals surface area contributed by atoms with Gasteiger partial charge in [0.15, 0.2) is 0 Å². The number of anilines is 2. The highest BCUT2D eigenvalue weighted by Crippen LogP contribution is 2.42.